The molecule has 3 aromatic rings. The minimum Gasteiger partial charge on any atom is -0.441 e. The number of rotatable bonds is 8. The Bertz CT molecular complexity index is 909. The highest BCUT2D eigenvalue weighted by Gasteiger charge is 2.18. The molecule has 0 aliphatic rings. The highest BCUT2D eigenvalue weighted by Crippen LogP contribution is 2.25. The predicted molar refractivity (Wildman–Crippen MR) is 111 cm³/mol. The molecule has 0 radical (unpaired) electrons. The highest BCUT2D eigenvalue weighted by molar-refractivity contribution is 6.31. The summed E-state index contributed by atoms with van der Waals surface area (Å²) in [7, 11) is 3.94. The highest BCUT2D eigenvalue weighted by atomic mass is 35.5. The smallest absolute Gasteiger partial charge is 0.220 e. The van der Waals surface area contributed by atoms with Gasteiger partial charge in [0, 0.05) is 30.0 Å². The van der Waals surface area contributed by atoms with Crippen LogP contribution in [0, 0.1) is 0 Å². The second-order valence-corrected chi connectivity index (χ2v) is 7.20. The molecule has 0 fully saturated rings. The fraction of sp³-hybridized carbons (Fsp3) is 0.273. The number of carbonyl (C=O) groups excluding carboxylic acids is 1. The van der Waals surface area contributed by atoms with Gasteiger partial charge in [0.2, 0.25) is 5.91 Å². The van der Waals surface area contributed by atoms with Crippen LogP contribution in [-0.2, 0) is 11.2 Å². The fourth-order valence-corrected chi connectivity index (χ4v) is 3.26. The van der Waals surface area contributed by atoms with E-state index in [1.807, 2.05) is 73.6 Å². The van der Waals surface area contributed by atoms with E-state index in [0.29, 0.717) is 36.1 Å². The Morgan fingerprint density at radius 3 is 2.57 bits per heavy atom. The van der Waals surface area contributed by atoms with Crippen molar-refractivity contribution in [2.75, 3.05) is 20.6 Å². The SMILES string of the molecule is CN(C)[C@@H](CNC(=O)CCc1ncc(-c2ccccc2)o1)c1ccccc1Cl. The number of benzene rings is 2. The van der Waals surface area contributed by atoms with Gasteiger partial charge in [-0.3, -0.25) is 4.79 Å². The van der Waals surface area contributed by atoms with Crippen LogP contribution in [0.15, 0.2) is 65.2 Å². The van der Waals surface area contributed by atoms with E-state index in [1.165, 1.54) is 0 Å². The number of aromatic nitrogens is 1. The van der Waals surface area contributed by atoms with Crippen LogP contribution in [0.3, 0.4) is 0 Å². The average Bonchev–Trinajstić information content (AvgIpc) is 3.17. The van der Waals surface area contributed by atoms with E-state index in [-0.39, 0.29) is 11.9 Å². The maximum Gasteiger partial charge on any atom is 0.220 e. The maximum absolute atomic E-state index is 12.3. The Morgan fingerprint density at radius 2 is 1.86 bits per heavy atom. The number of amides is 1. The van der Waals surface area contributed by atoms with Crippen LogP contribution in [0.4, 0.5) is 0 Å². The molecule has 1 aromatic heterocycles. The molecular formula is C22H24ClN3O2. The van der Waals surface area contributed by atoms with Crippen LogP contribution in [0.25, 0.3) is 11.3 Å². The molecule has 3 rings (SSSR count). The van der Waals surface area contributed by atoms with Crippen LogP contribution in [0.1, 0.15) is 23.9 Å². The van der Waals surface area contributed by atoms with E-state index in [1.54, 1.807) is 6.20 Å². The first-order chi connectivity index (χ1) is 13.5. The zero-order valence-electron chi connectivity index (χ0n) is 16.1. The van der Waals surface area contributed by atoms with Crippen molar-refractivity contribution in [3.05, 3.63) is 77.3 Å². The van der Waals surface area contributed by atoms with Crippen molar-refractivity contribution >= 4 is 17.5 Å². The number of hydrogen-bond donors (Lipinski definition) is 1. The van der Waals surface area contributed by atoms with Crippen LogP contribution in [-0.4, -0.2) is 36.4 Å². The zero-order valence-corrected chi connectivity index (χ0v) is 16.8. The summed E-state index contributed by atoms with van der Waals surface area (Å²) in [6.07, 6.45) is 2.47. The van der Waals surface area contributed by atoms with Crippen LogP contribution >= 0.6 is 11.6 Å². The van der Waals surface area contributed by atoms with E-state index in [4.69, 9.17) is 16.0 Å². The van der Waals surface area contributed by atoms with Gasteiger partial charge in [0.25, 0.3) is 0 Å². The molecule has 146 valence electrons. The minimum absolute atomic E-state index is 0.00377. The number of nitrogens with one attached hydrogen (secondary N) is 1. The van der Waals surface area contributed by atoms with Crippen molar-refractivity contribution in [1.29, 1.82) is 0 Å². The minimum atomic E-state index is -0.0432. The Hall–Kier alpha value is -2.63. The molecule has 1 heterocycles. The van der Waals surface area contributed by atoms with Crippen molar-refractivity contribution < 1.29 is 9.21 Å². The number of nitrogens with zero attached hydrogens (tertiary/aromatic N) is 2. The Balaban J connectivity index is 1.53. The maximum atomic E-state index is 12.3. The third kappa shape index (κ3) is 5.21. The van der Waals surface area contributed by atoms with E-state index in [0.717, 1.165) is 11.1 Å². The molecule has 1 amide bonds. The molecule has 0 aliphatic carbocycles. The molecule has 0 saturated carbocycles. The van der Waals surface area contributed by atoms with Gasteiger partial charge in [-0.2, -0.15) is 0 Å². The molecule has 5 nitrogen and oxygen atoms in total. The number of halogens is 1. The first-order valence-electron chi connectivity index (χ1n) is 9.22. The summed E-state index contributed by atoms with van der Waals surface area (Å²) in [6, 6.07) is 17.5. The summed E-state index contributed by atoms with van der Waals surface area (Å²) in [5.74, 6) is 1.23. The van der Waals surface area contributed by atoms with Crippen molar-refractivity contribution in [3.63, 3.8) is 0 Å². The first kappa shape index (κ1) is 20.1. The lowest BCUT2D eigenvalue weighted by atomic mass is 10.1. The molecule has 1 atom stereocenters. The number of oxazole rings is 1. The zero-order chi connectivity index (χ0) is 19.9. The largest absolute Gasteiger partial charge is 0.441 e. The Morgan fingerprint density at radius 1 is 1.14 bits per heavy atom. The summed E-state index contributed by atoms with van der Waals surface area (Å²) >= 11 is 6.31. The molecule has 28 heavy (non-hydrogen) atoms. The van der Waals surface area contributed by atoms with Gasteiger partial charge >= 0.3 is 0 Å². The van der Waals surface area contributed by atoms with Gasteiger partial charge < -0.3 is 14.6 Å². The number of carbonyl (C=O) groups is 1. The summed E-state index contributed by atoms with van der Waals surface area (Å²) in [6.45, 7) is 0.483. The predicted octanol–water partition coefficient (Wildman–Crippen LogP) is 4.35. The number of likely N-dealkylation sites (N-methyl/N-ethyl adjacent to an activating group) is 1. The van der Waals surface area contributed by atoms with Crippen LogP contribution in [0.5, 0.6) is 0 Å². The summed E-state index contributed by atoms with van der Waals surface area (Å²) in [5.41, 5.74) is 1.97. The molecule has 1 N–H and O–H groups in total. The van der Waals surface area contributed by atoms with Gasteiger partial charge in [-0.25, -0.2) is 4.98 Å². The van der Waals surface area contributed by atoms with Gasteiger partial charge in [-0.05, 0) is 25.7 Å². The first-order valence-corrected chi connectivity index (χ1v) is 9.60. The second-order valence-electron chi connectivity index (χ2n) is 6.79. The van der Waals surface area contributed by atoms with Crippen LogP contribution < -0.4 is 5.32 Å². The topological polar surface area (TPSA) is 58.4 Å². The fourth-order valence-electron chi connectivity index (χ4n) is 3.00. The Kier molecular flexibility index (Phi) is 6.85. The van der Waals surface area contributed by atoms with E-state index >= 15 is 0 Å². The molecule has 0 saturated heterocycles. The monoisotopic (exact) mass is 397 g/mol. The van der Waals surface area contributed by atoms with E-state index in [2.05, 4.69) is 10.3 Å². The van der Waals surface area contributed by atoms with E-state index in [9.17, 15) is 4.79 Å². The van der Waals surface area contributed by atoms with Gasteiger partial charge in [0.1, 0.15) is 0 Å². The average molecular weight is 398 g/mol. The second kappa shape index (κ2) is 9.53. The molecule has 0 spiro atoms. The molecule has 0 unspecified atom stereocenters. The lowest BCUT2D eigenvalue weighted by Gasteiger charge is -2.26. The molecule has 2 aromatic carbocycles. The van der Waals surface area contributed by atoms with Crippen LogP contribution in [0.2, 0.25) is 5.02 Å². The summed E-state index contributed by atoms with van der Waals surface area (Å²) in [5, 5.41) is 3.69. The Labute approximate surface area is 170 Å². The standard InChI is InChI=1S/C22H24ClN3O2/c1-26(2)19(17-10-6-7-11-18(17)23)14-24-21(27)12-13-22-25-15-20(28-22)16-8-4-3-5-9-16/h3-11,15,19H,12-14H2,1-2H3,(H,24,27)/t19-/m0/s1. The van der Waals surface area contributed by atoms with Gasteiger partial charge in [0.05, 0.1) is 12.2 Å². The van der Waals surface area contributed by atoms with Crippen molar-refractivity contribution in [3.8, 4) is 11.3 Å². The summed E-state index contributed by atoms with van der Waals surface area (Å²) < 4.78 is 5.75. The molecule has 0 bridgehead atoms. The number of hydrogen-bond acceptors (Lipinski definition) is 4. The lowest BCUT2D eigenvalue weighted by molar-refractivity contribution is -0.121. The van der Waals surface area contributed by atoms with Crippen molar-refractivity contribution in [2.24, 2.45) is 0 Å². The van der Waals surface area contributed by atoms with Gasteiger partial charge in [-0.1, -0.05) is 60.1 Å². The van der Waals surface area contributed by atoms with Gasteiger partial charge in [-0.15, -0.1) is 0 Å². The van der Waals surface area contributed by atoms with E-state index < -0.39 is 0 Å². The normalized spacial score (nSPS) is 12.1. The third-order valence-electron chi connectivity index (χ3n) is 4.56. The molecule has 0 aliphatic heterocycles. The third-order valence-corrected chi connectivity index (χ3v) is 4.90. The lowest BCUT2D eigenvalue weighted by Crippen LogP contribution is -2.34. The van der Waals surface area contributed by atoms with Crippen molar-refractivity contribution in [1.82, 2.24) is 15.2 Å². The van der Waals surface area contributed by atoms with Crippen molar-refractivity contribution in [2.45, 2.75) is 18.9 Å². The quantitative estimate of drug-likeness (QED) is 0.614. The summed E-state index contributed by atoms with van der Waals surface area (Å²) in [4.78, 5) is 18.6. The van der Waals surface area contributed by atoms with Gasteiger partial charge in [0.15, 0.2) is 11.7 Å². The molecular weight excluding hydrogens is 374 g/mol. The number of aryl methyl sites for hydroxylation is 1. The molecule has 6 heteroatoms.